The lowest BCUT2D eigenvalue weighted by atomic mass is 10.1. The van der Waals surface area contributed by atoms with Gasteiger partial charge >= 0.3 is 0 Å². The number of fused-ring (bicyclic) bond motifs is 1. The van der Waals surface area contributed by atoms with E-state index in [9.17, 15) is 0 Å². The van der Waals surface area contributed by atoms with Gasteiger partial charge in [0.2, 0.25) is 0 Å². The van der Waals surface area contributed by atoms with E-state index < -0.39 is 0 Å². The Morgan fingerprint density at radius 3 is 3.14 bits per heavy atom. The highest BCUT2D eigenvalue weighted by Gasteiger charge is 2.28. The van der Waals surface area contributed by atoms with Gasteiger partial charge < -0.3 is 14.6 Å². The quantitative estimate of drug-likeness (QED) is 0.787. The van der Waals surface area contributed by atoms with Crippen LogP contribution in [-0.2, 0) is 4.74 Å². The first-order valence-electron chi connectivity index (χ1n) is 6.88. The van der Waals surface area contributed by atoms with Crippen molar-refractivity contribution in [3.05, 3.63) is 35.0 Å². The molecule has 2 unspecified atom stereocenters. The van der Waals surface area contributed by atoms with E-state index in [4.69, 9.17) is 4.74 Å². The summed E-state index contributed by atoms with van der Waals surface area (Å²) in [5, 5.41) is 4.23. The van der Waals surface area contributed by atoms with Crippen LogP contribution in [0.25, 0.3) is 11.2 Å². The van der Waals surface area contributed by atoms with Gasteiger partial charge in [0.1, 0.15) is 17.9 Å². The molecule has 1 N–H and O–H groups in total. The monoisotopic (exact) mass is 301 g/mol. The van der Waals surface area contributed by atoms with Crippen LogP contribution in [0.4, 0.5) is 5.82 Å². The standard InChI is InChI=1S/C14H15N5OS/c1-9-4-19(5-11(20-9)10-2-3-21-6-10)14-12-13(16-7-15-12)17-8-18-14/h2-3,6-9,11H,4-5H2,1H3,(H,15,16,17,18). The van der Waals surface area contributed by atoms with Crippen LogP contribution in [0.5, 0.6) is 0 Å². The van der Waals surface area contributed by atoms with E-state index in [0.717, 1.165) is 24.4 Å². The number of imidazole rings is 1. The molecule has 3 aromatic rings. The first-order valence-corrected chi connectivity index (χ1v) is 7.82. The highest BCUT2D eigenvalue weighted by Crippen LogP contribution is 2.30. The van der Waals surface area contributed by atoms with Gasteiger partial charge in [-0.25, -0.2) is 15.0 Å². The number of thiophene rings is 1. The van der Waals surface area contributed by atoms with Crippen LogP contribution >= 0.6 is 11.3 Å². The molecule has 6 nitrogen and oxygen atoms in total. The van der Waals surface area contributed by atoms with Crippen molar-refractivity contribution in [1.82, 2.24) is 19.9 Å². The Bertz CT molecular complexity index is 741. The van der Waals surface area contributed by atoms with Crippen molar-refractivity contribution in [3.63, 3.8) is 0 Å². The lowest BCUT2D eigenvalue weighted by Crippen LogP contribution is -2.43. The minimum atomic E-state index is 0.0768. The number of aromatic amines is 1. The number of hydrogen-bond donors (Lipinski definition) is 1. The van der Waals surface area contributed by atoms with Crippen LogP contribution in [-0.4, -0.2) is 39.1 Å². The van der Waals surface area contributed by atoms with E-state index in [1.54, 1.807) is 24.0 Å². The van der Waals surface area contributed by atoms with Crippen molar-refractivity contribution in [2.45, 2.75) is 19.1 Å². The van der Waals surface area contributed by atoms with Crippen LogP contribution < -0.4 is 4.90 Å². The molecule has 7 heteroatoms. The molecule has 1 fully saturated rings. The predicted octanol–water partition coefficient (Wildman–Crippen LogP) is 2.38. The lowest BCUT2D eigenvalue weighted by Gasteiger charge is -2.37. The van der Waals surface area contributed by atoms with Crippen LogP contribution in [0.3, 0.4) is 0 Å². The Balaban J connectivity index is 1.69. The zero-order chi connectivity index (χ0) is 14.2. The molecule has 3 aromatic heterocycles. The molecule has 1 saturated heterocycles. The molecule has 4 heterocycles. The maximum Gasteiger partial charge on any atom is 0.182 e. The van der Waals surface area contributed by atoms with Gasteiger partial charge in [0.05, 0.1) is 12.4 Å². The highest BCUT2D eigenvalue weighted by atomic mass is 32.1. The van der Waals surface area contributed by atoms with Gasteiger partial charge in [-0.05, 0) is 29.3 Å². The predicted molar refractivity (Wildman–Crippen MR) is 81.5 cm³/mol. The molecule has 0 saturated carbocycles. The zero-order valence-electron chi connectivity index (χ0n) is 11.6. The number of anilines is 1. The van der Waals surface area contributed by atoms with Gasteiger partial charge in [0.25, 0.3) is 0 Å². The van der Waals surface area contributed by atoms with Crippen molar-refractivity contribution in [1.29, 1.82) is 0 Å². The maximum atomic E-state index is 6.07. The largest absolute Gasteiger partial charge is 0.367 e. The maximum absolute atomic E-state index is 6.07. The third-order valence-corrected chi connectivity index (χ3v) is 4.38. The van der Waals surface area contributed by atoms with E-state index in [-0.39, 0.29) is 12.2 Å². The number of rotatable bonds is 2. The minimum absolute atomic E-state index is 0.0768. The van der Waals surface area contributed by atoms with Gasteiger partial charge in [-0.1, -0.05) is 0 Å². The molecular formula is C14H15N5OS. The summed E-state index contributed by atoms with van der Waals surface area (Å²) in [6.45, 7) is 3.69. The summed E-state index contributed by atoms with van der Waals surface area (Å²) in [4.78, 5) is 18.2. The fourth-order valence-electron chi connectivity index (χ4n) is 2.76. The molecular weight excluding hydrogens is 286 g/mol. The van der Waals surface area contributed by atoms with Gasteiger partial charge in [-0.3, -0.25) is 0 Å². The Hall–Kier alpha value is -1.99. The summed E-state index contributed by atoms with van der Waals surface area (Å²) in [5.74, 6) is 0.896. The molecule has 4 rings (SSSR count). The second kappa shape index (κ2) is 5.09. The molecule has 1 aliphatic heterocycles. The number of ether oxygens (including phenoxy) is 1. The molecule has 0 aliphatic carbocycles. The molecule has 21 heavy (non-hydrogen) atoms. The number of H-pyrrole nitrogens is 1. The summed E-state index contributed by atoms with van der Waals surface area (Å²) in [5.41, 5.74) is 2.81. The molecule has 0 amide bonds. The van der Waals surface area contributed by atoms with E-state index >= 15 is 0 Å². The van der Waals surface area contributed by atoms with Crippen molar-refractivity contribution in [2.24, 2.45) is 0 Å². The smallest absolute Gasteiger partial charge is 0.182 e. The van der Waals surface area contributed by atoms with Crippen molar-refractivity contribution in [2.75, 3.05) is 18.0 Å². The van der Waals surface area contributed by atoms with Gasteiger partial charge in [-0.2, -0.15) is 11.3 Å². The van der Waals surface area contributed by atoms with Crippen LogP contribution in [0.15, 0.2) is 29.5 Å². The van der Waals surface area contributed by atoms with Crippen molar-refractivity contribution >= 4 is 28.3 Å². The van der Waals surface area contributed by atoms with Gasteiger partial charge in [-0.15, -0.1) is 0 Å². The Morgan fingerprint density at radius 2 is 2.29 bits per heavy atom. The number of nitrogens with one attached hydrogen (secondary N) is 1. The average Bonchev–Trinajstić information content (AvgIpc) is 3.17. The molecule has 108 valence electrons. The Labute approximate surface area is 125 Å². The fraction of sp³-hybridized carbons (Fsp3) is 0.357. The van der Waals surface area contributed by atoms with Crippen molar-refractivity contribution in [3.8, 4) is 0 Å². The minimum Gasteiger partial charge on any atom is -0.367 e. The Kier molecular flexibility index (Phi) is 3.08. The first-order chi connectivity index (χ1) is 10.3. The molecule has 0 spiro atoms. The second-order valence-electron chi connectivity index (χ2n) is 5.20. The van der Waals surface area contributed by atoms with E-state index in [1.165, 1.54) is 5.56 Å². The lowest BCUT2D eigenvalue weighted by molar-refractivity contribution is -0.0173. The second-order valence-corrected chi connectivity index (χ2v) is 5.98. The fourth-order valence-corrected chi connectivity index (χ4v) is 3.46. The number of nitrogens with zero attached hydrogens (tertiary/aromatic N) is 4. The van der Waals surface area contributed by atoms with Crippen LogP contribution in [0.1, 0.15) is 18.6 Å². The average molecular weight is 301 g/mol. The van der Waals surface area contributed by atoms with Crippen LogP contribution in [0.2, 0.25) is 0 Å². The first kappa shape index (κ1) is 12.7. The summed E-state index contributed by atoms with van der Waals surface area (Å²) < 4.78 is 6.07. The molecule has 2 atom stereocenters. The summed E-state index contributed by atoms with van der Waals surface area (Å²) in [6, 6.07) is 2.12. The van der Waals surface area contributed by atoms with Crippen molar-refractivity contribution < 1.29 is 4.74 Å². The van der Waals surface area contributed by atoms with E-state index in [2.05, 4.69) is 48.6 Å². The molecule has 0 bridgehead atoms. The number of hydrogen-bond acceptors (Lipinski definition) is 6. The van der Waals surface area contributed by atoms with Gasteiger partial charge in [0.15, 0.2) is 11.5 Å². The Morgan fingerprint density at radius 1 is 1.33 bits per heavy atom. The van der Waals surface area contributed by atoms with Gasteiger partial charge in [0, 0.05) is 13.1 Å². The van der Waals surface area contributed by atoms with E-state index in [0.29, 0.717) is 5.65 Å². The zero-order valence-corrected chi connectivity index (χ0v) is 12.4. The molecule has 0 radical (unpaired) electrons. The van der Waals surface area contributed by atoms with E-state index in [1.807, 2.05) is 0 Å². The number of aromatic nitrogens is 4. The summed E-state index contributed by atoms with van der Waals surface area (Å²) in [7, 11) is 0. The summed E-state index contributed by atoms with van der Waals surface area (Å²) in [6.07, 6.45) is 3.45. The summed E-state index contributed by atoms with van der Waals surface area (Å²) >= 11 is 1.70. The SMILES string of the molecule is CC1CN(c2ncnc3nc[nH]c23)CC(c2ccsc2)O1. The normalized spacial score (nSPS) is 22.8. The topological polar surface area (TPSA) is 66.9 Å². The third-order valence-electron chi connectivity index (χ3n) is 3.68. The van der Waals surface area contributed by atoms with Crippen LogP contribution in [0, 0.1) is 0 Å². The number of morpholine rings is 1. The third kappa shape index (κ3) is 2.28. The molecule has 0 aromatic carbocycles. The highest BCUT2D eigenvalue weighted by molar-refractivity contribution is 7.07. The molecule has 1 aliphatic rings.